The lowest BCUT2D eigenvalue weighted by atomic mass is 10.0. The van der Waals surface area contributed by atoms with Crippen LogP contribution in [0.15, 0.2) is 24.4 Å². The van der Waals surface area contributed by atoms with Crippen molar-refractivity contribution in [2.45, 2.75) is 25.7 Å². The van der Waals surface area contributed by atoms with Gasteiger partial charge in [0.05, 0.1) is 18.5 Å². The van der Waals surface area contributed by atoms with Crippen molar-refractivity contribution in [3.05, 3.63) is 30.0 Å². The van der Waals surface area contributed by atoms with E-state index in [1.807, 2.05) is 24.4 Å². The van der Waals surface area contributed by atoms with Crippen molar-refractivity contribution < 1.29 is 19.4 Å². The van der Waals surface area contributed by atoms with E-state index in [1.54, 1.807) is 7.11 Å². The molecule has 3 N–H and O–H groups in total. The number of H-pyrrole nitrogens is 1. The monoisotopic (exact) mass is 330 g/mol. The van der Waals surface area contributed by atoms with Crippen LogP contribution < -0.4 is 10.1 Å². The van der Waals surface area contributed by atoms with E-state index < -0.39 is 5.97 Å². The maximum atomic E-state index is 12.2. The molecular formula is C18H22N2O4. The number of carboxylic acids is 1. The summed E-state index contributed by atoms with van der Waals surface area (Å²) in [6.07, 6.45) is 4.36. The first kappa shape index (κ1) is 16.4. The number of rotatable bonds is 6. The molecular weight excluding hydrogens is 308 g/mol. The molecule has 6 nitrogen and oxygen atoms in total. The van der Waals surface area contributed by atoms with Crippen LogP contribution in [-0.2, 0) is 16.0 Å². The van der Waals surface area contributed by atoms with Crippen molar-refractivity contribution in [2.24, 2.45) is 11.8 Å². The lowest BCUT2D eigenvalue weighted by Crippen LogP contribution is -2.31. The molecule has 1 saturated carbocycles. The summed E-state index contributed by atoms with van der Waals surface area (Å²) in [6.45, 7) is 0.539. The Morgan fingerprint density at radius 1 is 1.33 bits per heavy atom. The lowest BCUT2D eigenvalue weighted by molar-refractivity contribution is -0.141. The largest absolute Gasteiger partial charge is 0.495 e. The highest BCUT2D eigenvalue weighted by atomic mass is 16.5. The predicted molar refractivity (Wildman–Crippen MR) is 90.0 cm³/mol. The molecule has 6 heteroatoms. The zero-order valence-electron chi connectivity index (χ0n) is 13.7. The van der Waals surface area contributed by atoms with E-state index >= 15 is 0 Å². The first-order valence-corrected chi connectivity index (χ1v) is 8.23. The average molecular weight is 330 g/mol. The molecule has 24 heavy (non-hydrogen) atoms. The van der Waals surface area contributed by atoms with Crippen LogP contribution in [0.3, 0.4) is 0 Å². The van der Waals surface area contributed by atoms with E-state index in [-0.39, 0.29) is 17.7 Å². The van der Waals surface area contributed by atoms with Gasteiger partial charge in [-0.2, -0.15) is 0 Å². The number of aliphatic carboxylic acids is 1. The van der Waals surface area contributed by atoms with Crippen molar-refractivity contribution in [3.8, 4) is 5.75 Å². The third kappa shape index (κ3) is 3.22. The van der Waals surface area contributed by atoms with E-state index in [9.17, 15) is 9.59 Å². The number of methoxy groups -OCH3 is 1. The minimum Gasteiger partial charge on any atom is -0.495 e. The first-order valence-electron chi connectivity index (χ1n) is 8.23. The highest BCUT2D eigenvalue weighted by Crippen LogP contribution is 2.31. The molecule has 1 aliphatic carbocycles. The fraction of sp³-hybridized carbons (Fsp3) is 0.444. The van der Waals surface area contributed by atoms with E-state index in [2.05, 4.69) is 10.3 Å². The summed E-state index contributed by atoms with van der Waals surface area (Å²) in [7, 11) is 1.64. The second-order valence-electron chi connectivity index (χ2n) is 6.28. The number of carboxylic acid groups (broad SMARTS) is 1. The van der Waals surface area contributed by atoms with E-state index in [4.69, 9.17) is 9.84 Å². The molecule has 0 aliphatic heterocycles. The van der Waals surface area contributed by atoms with Crippen molar-refractivity contribution in [2.75, 3.05) is 13.7 Å². The summed E-state index contributed by atoms with van der Waals surface area (Å²) in [5.74, 6) is -0.571. The van der Waals surface area contributed by atoms with Gasteiger partial charge in [0, 0.05) is 24.0 Å². The standard InChI is InChI=1S/C18H22N2O4/c1-24-15-4-2-3-14-13(10-20-16(14)15)7-8-19-17(21)11-5-6-12(9-11)18(22)23/h2-4,10-12,20H,5-9H2,1H3,(H,19,21)(H,22,23)/t11-,12+/m1/s1. The predicted octanol–water partition coefficient (Wildman–Crippen LogP) is 2.34. The highest BCUT2D eigenvalue weighted by molar-refractivity contribution is 5.88. The SMILES string of the molecule is COc1cccc2c(CCNC(=O)[C@@H]3CC[C@H](C(=O)O)C3)c[nH]c12. The highest BCUT2D eigenvalue weighted by Gasteiger charge is 2.33. The average Bonchev–Trinajstić information content (AvgIpc) is 3.22. The van der Waals surface area contributed by atoms with Gasteiger partial charge in [-0.1, -0.05) is 12.1 Å². The molecule has 1 aliphatic rings. The van der Waals surface area contributed by atoms with E-state index in [0.29, 0.717) is 32.2 Å². The topological polar surface area (TPSA) is 91.4 Å². The molecule has 0 unspecified atom stereocenters. The molecule has 1 heterocycles. The maximum Gasteiger partial charge on any atom is 0.306 e. The van der Waals surface area contributed by atoms with Crippen molar-refractivity contribution in [3.63, 3.8) is 0 Å². The Hall–Kier alpha value is -2.50. The molecule has 1 amide bonds. The first-order chi connectivity index (χ1) is 11.6. The van der Waals surface area contributed by atoms with Gasteiger partial charge in [0.1, 0.15) is 5.75 Å². The van der Waals surface area contributed by atoms with Gasteiger partial charge in [-0.05, 0) is 37.3 Å². The van der Waals surface area contributed by atoms with Crippen LogP contribution in [-0.4, -0.2) is 35.6 Å². The quantitative estimate of drug-likeness (QED) is 0.758. The molecule has 0 spiro atoms. The number of nitrogens with one attached hydrogen (secondary N) is 2. The van der Waals surface area contributed by atoms with E-state index in [0.717, 1.165) is 22.2 Å². The number of hydrogen-bond acceptors (Lipinski definition) is 3. The summed E-state index contributed by atoms with van der Waals surface area (Å²) < 4.78 is 5.33. The van der Waals surface area contributed by atoms with Crippen LogP contribution in [0.1, 0.15) is 24.8 Å². The Balaban J connectivity index is 1.55. The maximum absolute atomic E-state index is 12.2. The van der Waals surface area contributed by atoms with Crippen LogP contribution in [0.2, 0.25) is 0 Å². The summed E-state index contributed by atoms with van der Waals surface area (Å²) in [6, 6.07) is 5.88. The van der Waals surface area contributed by atoms with Gasteiger partial charge in [0.25, 0.3) is 0 Å². The number of aromatic amines is 1. The van der Waals surface area contributed by atoms with Gasteiger partial charge in [0.15, 0.2) is 0 Å². The lowest BCUT2D eigenvalue weighted by Gasteiger charge is -2.10. The summed E-state index contributed by atoms with van der Waals surface area (Å²) in [5, 5.41) is 13.0. The number of carbonyl (C=O) groups is 2. The van der Waals surface area contributed by atoms with Gasteiger partial charge < -0.3 is 20.1 Å². The normalized spacial score (nSPS) is 20.2. The van der Waals surface area contributed by atoms with Crippen LogP contribution in [0.25, 0.3) is 10.9 Å². The minimum absolute atomic E-state index is 0.0313. The van der Waals surface area contributed by atoms with Gasteiger partial charge >= 0.3 is 5.97 Å². The fourth-order valence-electron chi connectivity index (χ4n) is 3.47. The number of fused-ring (bicyclic) bond motifs is 1. The van der Waals surface area contributed by atoms with Crippen molar-refractivity contribution in [1.29, 1.82) is 0 Å². The molecule has 0 saturated heterocycles. The molecule has 2 aromatic rings. The summed E-state index contributed by atoms with van der Waals surface area (Å²) in [5.41, 5.74) is 2.08. The number of carbonyl (C=O) groups excluding carboxylic acids is 1. The molecule has 128 valence electrons. The molecule has 1 fully saturated rings. The van der Waals surface area contributed by atoms with Crippen LogP contribution in [0, 0.1) is 11.8 Å². The number of para-hydroxylation sites is 1. The van der Waals surface area contributed by atoms with Crippen LogP contribution in [0.5, 0.6) is 5.75 Å². The van der Waals surface area contributed by atoms with Gasteiger partial charge in [-0.15, -0.1) is 0 Å². The Kier molecular flexibility index (Phi) is 4.74. The molecule has 2 atom stereocenters. The van der Waals surface area contributed by atoms with E-state index in [1.165, 1.54) is 0 Å². The van der Waals surface area contributed by atoms with Crippen molar-refractivity contribution >= 4 is 22.8 Å². The number of aromatic nitrogens is 1. The molecule has 3 rings (SSSR count). The fourth-order valence-corrected chi connectivity index (χ4v) is 3.47. The third-order valence-corrected chi connectivity index (χ3v) is 4.83. The minimum atomic E-state index is -0.793. The molecule has 0 radical (unpaired) electrons. The number of benzene rings is 1. The Labute approximate surface area is 140 Å². The van der Waals surface area contributed by atoms with Gasteiger partial charge in [-0.3, -0.25) is 9.59 Å². The Morgan fingerprint density at radius 2 is 2.12 bits per heavy atom. The Bertz CT molecular complexity index is 753. The van der Waals surface area contributed by atoms with Crippen LogP contribution in [0.4, 0.5) is 0 Å². The number of ether oxygens (including phenoxy) is 1. The zero-order valence-corrected chi connectivity index (χ0v) is 13.7. The molecule has 0 bridgehead atoms. The molecule has 1 aromatic heterocycles. The number of amides is 1. The second-order valence-corrected chi connectivity index (χ2v) is 6.28. The summed E-state index contributed by atoms with van der Waals surface area (Å²) >= 11 is 0. The second kappa shape index (κ2) is 6.95. The number of hydrogen-bond donors (Lipinski definition) is 3. The zero-order chi connectivity index (χ0) is 17.1. The summed E-state index contributed by atoms with van der Waals surface area (Å²) in [4.78, 5) is 26.4. The smallest absolute Gasteiger partial charge is 0.306 e. The van der Waals surface area contributed by atoms with Gasteiger partial charge in [0.2, 0.25) is 5.91 Å². The van der Waals surface area contributed by atoms with Gasteiger partial charge in [-0.25, -0.2) is 0 Å². The van der Waals surface area contributed by atoms with Crippen LogP contribution >= 0.6 is 0 Å². The molecule has 1 aromatic carbocycles. The van der Waals surface area contributed by atoms with Crippen molar-refractivity contribution in [1.82, 2.24) is 10.3 Å². The Morgan fingerprint density at radius 3 is 2.83 bits per heavy atom. The third-order valence-electron chi connectivity index (χ3n) is 4.83.